The molecule has 0 saturated heterocycles. The smallest absolute Gasteiger partial charge is 0.339 e. The van der Waals surface area contributed by atoms with Crippen LogP contribution in [0.15, 0.2) is 60.9 Å². The minimum absolute atomic E-state index is 0.267. The quantitative estimate of drug-likeness (QED) is 0.402. The van der Waals surface area contributed by atoms with Crippen LogP contribution in [0.25, 0.3) is 10.9 Å². The second-order valence-corrected chi connectivity index (χ2v) is 9.06. The molecular formula is C26H28N4O2. The molecule has 0 radical (unpaired) electrons. The highest BCUT2D eigenvalue weighted by Crippen LogP contribution is 2.31. The van der Waals surface area contributed by atoms with Gasteiger partial charge in [0.15, 0.2) is 0 Å². The van der Waals surface area contributed by atoms with Crippen LogP contribution in [0.3, 0.4) is 0 Å². The number of esters is 1. The zero-order valence-corrected chi connectivity index (χ0v) is 18.6. The summed E-state index contributed by atoms with van der Waals surface area (Å²) in [5.41, 5.74) is 5.06. The summed E-state index contributed by atoms with van der Waals surface area (Å²) >= 11 is 0. The molecule has 3 heterocycles. The van der Waals surface area contributed by atoms with E-state index in [0.29, 0.717) is 24.4 Å². The van der Waals surface area contributed by atoms with Crippen molar-refractivity contribution in [2.24, 2.45) is 5.92 Å². The van der Waals surface area contributed by atoms with E-state index in [4.69, 9.17) is 4.74 Å². The zero-order valence-electron chi connectivity index (χ0n) is 18.6. The third-order valence-corrected chi connectivity index (χ3v) is 6.08. The van der Waals surface area contributed by atoms with Gasteiger partial charge >= 0.3 is 5.97 Å². The first-order valence-corrected chi connectivity index (χ1v) is 11.3. The van der Waals surface area contributed by atoms with Gasteiger partial charge in [0, 0.05) is 36.3 Å². The molecule has 6 nitrogen and oxygen atoms in total. The number of cyclic esters (lactones) is 1. The predicted octanol–water partition coefficient (Wildman–Crippen LogP) is 4.65. The van der Waals surface area contributed by atoms with Crippen LogP contribution in [0.4, 0.5) is 0 Å². The van der Waals surface area contributed by atoms with Crippen LogP contribution in [0.5, 0.6) is 0 Å². The molecule has 1 aliphatic heterocycles. The highest BCUT2D eigenvalue weighted by molar-refractivity contribution is 6.06. The average molecular weight is 429 g/mol. The molecule has 0 N–H and O–H groups in total. The van der Waals surface area contributed by atoms with Crippen LogP contribution in [0.2, 0.25) is 0 Å². The summed E-state index contributed by atoms with van der Waals surface area (Å²) in [4.78, 5) is 13.0. The van der Waals surface area contributed by atoms with Crippen molar-refractivity contribution in [1.29, 1.82) is 0 Å². The van der Waals surface area contributed by atoms with Gasteiger partial charge in [0.2, 0.25) is 0 Å². The molecule has 6 heteroatoms. The number of rotatable bonds is 7. The SMILES string of the molecule is CC(C)CCc1cn(CC2Cc3cn(Cc4ccccc4)c4cccc(c34)C(=O)O2)nn1. The highest BCUT2D eigenvalue weighted by atomic mass is 16.5. The highest BCUT2D eigenvalue weighted by Gasteiger charge is 2.27. The number of carbonyl (C=O) groups is 1. The van der Waals surface area contributed by atoms with E-state index in [2.05, 4.69) is 65.3 Å². The summed E-state index contributed by atoms with van der Waals surface area (Å²) in [6.07, 6.45) is 6.51. The van der Waals surface area contributed by atoms with Crippen molar-refractivity contribution in [3.63, 3.8) is 0 Å². The number of hydrogen-bond acceptors (Lipinski definition) is 4. The van der Waals surface area contributed by atoms with Crippen LogP contribution >= 0.6 is 0 Å². The van der Waals surface area contributed by atoms with Crippen molar-refractivity contribution < 1.29 is 9.53 Å². The molecule has 0 saturated carbocycles. The van der Waals surface area contributed by atoms with Crippen molar-refractivity contribution in [1.82, 2.24) is 19.6 Å². The topological polar surface area (TPSA) is 61.9 Å². The number of benzene rings is 2. The fourth-order valence-electron chi connectivity index (χ4n) is 4.47. The molecule has 0 fully saturated rings. The molecule has 1 unspecified atom stereocenters. The van der Waals surface area contributed by atoms with Gasteiger partial charge in [0.1, 0.15) is 6.10 Å². The van der Waals surface area contributed by atoms with E-state index in [-0.39, 0.29) is 12.1 Å². The van der Waals surface area contributed by atoms with Crippen molar-refractivity contribution >= 4 is 16.9 Å². The first-order chi connectivity index (χ1) is 15.6. The predicted molar refractivity (Wildman–Crippen MR) is 124 cm³/mol. The summed E-state index contributed by atoms with van der Waals surface area (Å²) in [5.74, 6) is 0.362. The van der Waals surface area contributed by atoms with Gasteiger partial charge in [-0.3, -0.25) is 0 Å². The minimum Gasteiger partial charge on any atom is -0.456 e. The molecule has 0 aliphatic carbocycles. The molecule has 0 amide bonds. The Morgan fingerprint density at radius 1 is 1.09 bits per heavy atom. The number of carbonyl (C=O) groups excluding carboxylic acids is 1. The molecule has 32 heavy (non-hydrogen) atoms. The van der Waals surface area contributed by atoms with E-state index in [1.165, 1.54) is 5.56 Å². The molecule has 0 bridgehead atoms. The normalized spacial score (nSPS) is 15.8. The standard InChI is InChI=1S/C26H28N4O2/c1-18(2)11-12-21-16-30(28-27-21)17-22-13-20-15-29(14-19-7-4-3-5-8-19)24-10-6-9-23(25(20)24)26(31)32-22/h3-10,15-16,18,22H,11-14,17H2,1-2H3. The molecular weight excluding hydrogens is 400 g/mol. The largest absolute Gasteiger partial charge is 0.456 e. The van der Waals surface area contributed by atoms with Gasteiger partial charge in [-0.05, 0) is 42.0 Å². The molecule has 5 rings (SSSR count). The summed E-state index contributed by atoms with van der Waals surface area (Å²) in [6.45, 7) is 5.68. The molecule has 2 aromatic heterocycles. The summed E-state index contributed by atoms with van der Waals surface area (Å²) in [7, 11) is 0. The van der Waals surface area contributed by atoms with Crippen molar-refractivity contribution in [2.45, 2.75) is 52.3 Å². The van der Waals surface area contributed by atoms with Crippen LogP contribution in [0, 0.1) is 5.92 Å². The zero-order chi connectivity index (χ0) is 22.1. The lowest BCUT2D eigenvalue weighted by atomic mass is 10.0. The van der Waals surface area contributed by atoms with Crippen molar-refractivity contribution in [3.8, 4) is 0 Å². The fourth-order valence-corrected chi connectivity index (χ4v) is 4.47. The van der Waals surface area contributed by atoms with Gasteiger partial charge in [-0.1, -0.05) is 55.5 Å². The van der Waals surface area contributed by atoms with Gasteiger partial charge < -0.3 is 9.30 Å². The average Bonchev–Trinajstić information content (AvgIpc) is 3.34. The Hall–Kier alpha value is -3.41. The molecule has 0 spiro atoms. The lowest BCUT2D eigenvalue weighted by Gasteiger charge is -2.15. The Labute approximate surface area is 187 Å². The molecule has 4 aromatic rings. The first kappa shape index (κ1) is 20.5. The van der Waals surface area contributed by atoms with E-state index in [9.17, 15) is 4.79 Å². The van der Waals surface area contributed by atoms with Crippen LogP contribution in [0.1, 0.15) is 47.4 Å². The maximum Gasteiger partial charge on any atom is 0.339 e. The van der Waals surface area contributed by atoms with E-state index in [0.717, 1.165) is 41.5 Å². The van der Waals surface area contributed by atoms with Gasteiger partial charge in [-0.2, -0.15) is 0 Å². The fraction of sp³-hybridized carbons (Fsp3) is 0.346. The second-order valence-electron chi connectivity index (χ2n) is 9.06. The number of hydrogen-bond donors (Lipinski definition) is 0. The number of nitrogens with zero attached hydrogens (tertiary/aromatic N) is 4. The Morgan fingerprint density at radius 2 is 1.94 bits per heavy atom. The second kappa shape index (κ2) is 8.61. The third kappa shape index (κ3) is 4.17. The van der Waals surface area contributed by atoms with E-state index < -0.39 is 0 Å². The maximum absolute atomic E-state index is 13.0. The van der Waals surface area contributed by atoms with E-state index in [1.54, 1.807) is 0 Å². The monoisotopic (exact) mass is 428 g/mol. The van der Waals surface area contributed by atoms with E-state index in [1.807, 2.05) is 29.1 Å². The lowest BCUT2D eigenvalue weighted by molar-refractivity contribution is 0.0264. The molecule has 164 valence electrons. The molecule has 1 aliphatic rings. The summed E-state index contributed by atoms with van der Waals surface area (Å²) < 4.78 is 9.92. The molecule has 2 aromatic carbocycles. The van der Waals surface area contributed by atoms with E-state index >= 15 is 0 Å². The van der Waals surface area contributed by atoms with Crippen molar-refractivity contribution in [2.75, 3.05) is 0 Å². The summed E-state index contributed by atoms with van der Waals surface area (Å²) in [6, 6.07) is 16.3. The Morgan fingerprint density at radius 3 is 2.75 bits per heavy atom. The summed E-state index contributed by atoms with van der Waals surface area (Å²) in [5, 5.41) is 9.57. The van der Waals surface area contributed by atoms with Crippen LogP contribution in [-0.4, -0.2) is 31.6 Å². The Kier molecular flexibility index (Phi) is 5.52. The van der Waals surface area contributed by atoms with Gasteiger partial charge in [0.25, 0.3) is 0 Å². The minimum atomic E-state index is -0.287. The Balaban J connectivity index is 1.41. The number of aryl methyl sites for hydroxylation is 1. The maximum atomic E-state index is 13.0. The third-order valence-electron chi connectivity index (χ3n) is 6.08. The molecule has 1 atom stereocenters. The number of aromatic nitrogens is 4. The van der Waals surface area contributed by atoms with Gasteiger partial charge in [-0.15, -0.1) is 5.10 Å². The first-order valence-electron chi connectivity index (χ1n) is 11.3. The van der Waals surface area contributed by atoms with Crippen LogP contribution < -0.4 is 0 Å². The lowest BCUT2D eigenvalue weighted by Crippen LogP contribution is -2.24. The van der Waals surface area contributed by atoms with Gasteiger partial charge in [-0.25, -0.2) is 9.48 Å². The Bertz CT molecular complexity index is 1240. The van der Waals surface area contributed by atoms with Gasteiger partial charge in [0.05, 0.1) is 17.8 Å². The van der Waals surface area contributed by atoms with Crippen molar-refractivity contribution in [3.05, 3.63) is 83.3 Å². The van der Waals surface area contributed by atoms with Crippen LogP contribution in [-0.2, 0) is 30.7 Å². The number of ether oxygens (including phenoxy) is 1.